The number of amides is 1. The van der Waals surface area contributed by atoms with Crippen LogP contribution in [0.3, 0.4) is 0 Å². The number of ether oxygens (including phenoxy) is 1. The Balaban J connectivity index is 1.58. The van der Waals surface area contributed by atoms with E-state index in [0.29, 0.717) is 52.2 Å². The predicted octanol–water partition coefficient (Wildman–Crippen LogP) is 1.88. The van der Waals surface area contributed by atoms with Crippen LogP contribution in [-0.4, -0.2) is 104 Å². The van der Waals surface area contributed by atoms with Gasteiger partial charge in [0.2, 0.25) is 15.9 Å². The maximum absolute atomic E-state index is 13.6. The molecule has 0 spiro atoms. The van der Waals surface area contributed by atoms with E-state index in [2.05, 4.69) is 13.0 Å². The van der Waals surface area contributed by atoms with Crippen LogP contribution in [-0.2, 0) is 26.0 Å². The van der Waals surface area contributed by atoms with Gasteiger partial charge >= 0.3 is 5.97 Å². The first-order chi connectivity index (χ1) is 18.7. The Hall–Kier alpha value is -2.21. The zero-order valence-electron chi connectivity index (χ0n) is 23.1. The number of fused-ring (bicyclic) bond motifs is 1. The number of nitrogens with zero attached hydrogens (tertiary/aromatic N) is 3. The molecule has 0 aliphatic carbocycles. The van der Waals surface area contributed by atoms with Crippen molar-refractivity contribution in [1.29, 1.82) is 0 Å². The Morgan fingerprint density at radius 1 is 1.21 bits per heavy atom. The molecule has 2 fully saturated rings. The van der Waals surface area contributed by atoms with Crippen LogP contribution >= 0.6 is 0 Å². The molecule has 3 unspecified atom stereocenters. The molecule has 3 aliphatic heterocycles. The van der Waals surface area contributed by atoms with Crippen LogP contribution in [0.25, 0.3) is 0 Å². The molecule has 2 saturated heterocycles. The SMILES string of the molecule is CCCCN(CCCCN)C(=O)CN1CC(c2ccc3c(c2)CCO3)C(C(=O)O)C1CCN1CCCS1(=O)=O. The number of carbonyl (C=O) groups excluding carboxylic acids is 1. The standard InChI is InChI=1S/C28H44N4O6S/c1-2-3-12-30(13-5-4-11-29)26(33)20-31-19-23(21-7-8-25-22(18-21)10-16-38-25)27(28(34)35)24(31)9-15-32-14-6-17-39(32,36)37/h7-8,18,23-24,27H,2-6,9-17,19-20,29H2,1H3,(H,34,35). The summed E-state index contributed by atoms with van der Waals surface area (Å²) < 4.78 is 32.1. The van der Waals surface area contributed by atoms with Crippen LogP contribution < -0.4 is 10.5 Å². The Morgan fingerprint density at radius 2 is 2.00 bits per heavy atom. The molecular formula is C28H44N4O6S. The monoisotopic (exact) mass is 564 g/mol. The zero-order valence-corrected chi connectivity index (χ0v) is 23.9. The lowest BCUT2D eigenvalue weighted by atomic mass is 9.83. The quantitative estimate of drug-likeness (QED) is 0.327. The van der Waals surface area contributed by atoms with Crippen LogP contribution in [0.4, 0.5) is 0 Å². The maximum Gasteiger partial charge on any atom is 0.308 e. The van der Waals surface area contributed by atoms with Crippen molar-refractivity contribution >= 4 is 21.9 Å². The van der Waals surface area contributed by atoms with Crippen LogP contribution in [0.2, 0.25) is 0 Å². The number of carbonyl (C=O) groups is 2. The minimum absolute atomic E-state index is 0.00796. The zero-order chi connectivity index (χ0) is 28.0. The van der Waals surface area contributed by atoms with Gasteiger partial charge in [-0.15, -0.1) is 0 Å². The van der Waals surface area contributed by atoms with E-state index in [0.717, 1.165) is 49.0 Å². The molecular weight excluding hydrogens is 520 g/mol. The van der Waals surface area contributed by atoms with Crippen molar-refractivity contribution in [1.82, 2.24) is 14.1 Å². The molecule has 0 bridgehead atoms. The first kappa shape index (κ1) is 29.8. The molecule has 3 heterocycles. The van der Waals surface area contributed by atoms with Crippen molar-refractivity contribution in [3.8, 4) is 5.75 Å². The molecule has 39 heavy (non-hydrogen) atoms. The number of hydrogen-bond acceptors (Lipinski definition) is 7. The van der Waals surface area contributed by atoms with E-state index >= 15 is 0 Å². The van der Waals surface area contributed by atoms with Gasteiger partial charge in [0, 0.05) is 51.1 Å². The third kappa shape index (κ3) is 7.11. The van der Waals surface area contributed by atoms with Gasteiger partial charge < -0.3 is 20.5 Å². The highest BCUT2D eigenvalue weighted by atomic mass is 32.2. The number of sulfonamides is 1. The smallest absolute Gasteiger partial charge is 0.308 e. The second kappa shape index (κ2) is 13.4. The lowest BCUT2D eigenvalue weighted by molar-refractivity contribution is -0.143. The second-order valence-electron chi connectivity index (χ2n) is 11.0. The molecule has 0 saturated carbocycles. The van der Waals surface area contributed by atoms with E-state index < -0.39 is 28.0 Å². The van der Waals surface area contributed by atoms with Crippen LogP contribution in [0, 0.1) is 5.92 Å². The Kier molecular flexibility index (Phi) is 10.3. The third-order valence-electron chi connectivity index (χ3n) is 8.41. The molecule has 11 heteroatoms. The predicted molar refractivity (Wildman–Crippen MR) is 149 cm³/mol. The Labute approximate surface area is 232 Å². The van der Waals surface area contributed by atoms with Gasteiger partial charge in [0.05, 0.1) is 24.8 Å². The van der Waals surface area contributed by atoms with Crippen molar-refractivity contribution in [2.75, 3.05) is 58.2 Å². The topological polar surface area (TPSA) is 133 Å². The third-order valence-corrected chi connectivity index (χ3v) is 10.4. The fourth-order valence-corrected chi connectivity index (χ4v) is 7.82. The van der Waals surface area contributed by atoms with E-state index in [1.54, 1.807) is 0 Å². The molecule has 3 aliphatic rings. The molecule has 3 N–H and O–H groups in total. The number of rotatable bonds is 14. The fourth-order valence-electron chi connectivity index (χ4n) is 6.28. The van der Waals surface area contributed by atoms with Crippen molar-refractivity contribution < 1.29 is 27.9 Å². The number of unbranched alkanes of at least 4 members (excludes halogenated alkanes) is 2. The maximum atomic E-state index is 13.6. The van der Waals surface area contributed by atoms with Gasteiger partial charge in [-0.05, 0) is 55.8 Å². The summed E-state index contributed by atoms with van der Waals surface area (Å²) in [5, 5.41) is 10.4. The number of benzene rings is 1. The van der Waals surface area contributed by atoms with Crippen molar-refractivity contribution in [2.24, 2.45) is 11.7 Å². The summed E-state index contributed by atoms with van der Waals surface area (Å²) in [7, 11) is -3.30. The molecule has 3 atom stereocenters. The first-order valence-electron chi connectivity index (χ1n) is 14.4. The summed E-state index contributed by atoms with van der Waals surface area (Å²) in [6.07, 6.45) is 5.31. The Morgan fingerprint density at radius 3 is 2.69 bits per heavy atom. The number of nitrogens with two attached hydrogens (primary N) is 1. The van der Waals surface area contributed by atoms with E-state index in [4.69, 9.17) is 10.5 Å². The number of aliphatic carboxylic acids is 1. The van der Waals surface area contributed by atoms with Crippen molar-refractivity contribution in [3.05, 3.63) is 29.3 Å². The first-order valence-corrected chi connectivity index (χ1v) is 16.0. The number of likely N-dealkylation sites (tertiary alicyclic amines) is 1. The lowest BCUT2D eigenvalue weighted by Gasteiger charge is -2.30. The minimum Gasteiger partial charge on any atom is -0.493 e. The summed E-state index contributed by atoms with van der Waals surface area (Å²) in [4.78, 5) is 30.2. The summed E-state index contributed by atoms with van der Waals surface area (Å²) in [6, 6.07) is 5.46. The average molecular weight is 565 g/mol. The van der Waals surface area contributed by atoms with Gasteiger partial charge in [-0.25, -0.2) is 12.7 Å². The molecule has 1 aromatic rings. The highest BCUT2D eigenvalue weighted by Gasteiger charge is 2.47. The lowest BCUT2D eigenvalue weighted by Crippen LogP contribution is -2.45. The van der Waals surface area contributed by atoms with E-state index in [-0.39, 0.29) is 30.7 Å². The van der Waals surface area contributed by atoms with Crippen molar-refractivity contribution in [2.45, 2.75) is 63.8 Å². The summed E-state index contributed by atoms with van der Waals surface area (Å²) in [6.45, 7) is 5.89. The molecule has 1 aromatic carbocycles. The second-order valence-corrected chi connectivity index (χ2v) is 13.1. The summed E-state index contributed by atoms with van der Waals surface area (Å²) >= 11 is 0. The minimum atomic E-state index is -3.30. The van der Waals surface area contributed by atoms with Crippen LogP contribution in [0.5, 0.6) is 5.75 Å². The number of carboxylic acid groups (broad SMARTS) is 1. The molecule has 218 valence electrons. The van der Waals surface area contributed by atoms with Gasteiger partial charge in [0.15, 0.2) is 0 Å². The average Bonchev–Trinajstić information content (AvgIpc) is 3.60. The Bertz CT molecular complexity index is 1110. The fraction of sp³-hybridized carbons (Fsp3) is 0.714. The molecule has 1 amide bonds. The van der Waals surface area contributed by atoms with E-state index in [9.17, 15) is 23.1 Å². The van der Waals surface area contributed by atoms with Gasteiger partial charge in [0.1, 0.15) is 5.75 Å². The number of carboxylic acids is 1. The molecule has 0 aromatic heterocycles. The van der Waals surface area contributed by atoms with Gasteiger partial charge in [-0.3, -0.25) is 14.5 Å². The van der Waals surface area contributed by atoms with Gasteiger partial charge in [-0.1, -0.05) is 25.5 Å². The normalized spacial score (nSPS) is 24.5. The van der Waals surface area contributed by atoms with E-state index in [1.165, 1.54) is 4.31 Å². The summed E-state index contributed by atoms with van der Waals surface area (Å²) in [5.41, 5.74) is 7.69. The van der Waals surface area contributed by atoms with Gasteiger partial charge in [0.25, 0.3) is 0 Å². The van der Waals surface area contributed by atoms with Crippen molar-refractivity contribution in [3.63, 3.8) is 0 Å². The molecule has 0 radical (unpaired) electrons. The van der Waals surface area contributed by atoms with Crippen LogP contribution in [0.1, 0.15) is 62.5 Å². The highest BCUT2D eigenvalue weighted by Crippen LogP contribution is 2.41. The number of hydrogen-bond donors (Lipinski definition) is 2. The van der Waals surface area contributed by atoms with Gasteiger partial charge in [-0.2, -0.15) is 0 Å². The summed E-state index contributed by atoms with van der Waals surface area (Å²) in [5.74, 6) is -0.988. The molecule has 4 rings (SSSR count). The largest absolute Gasteiger partial charge is 0.493 e. The van der Waals surface area contributed by atoms with Crippen LogP contribution in [0.15, 0.2) is 18.2 Å². The van der Waals surface area contributed by atoms with E-state index in [1.807, 2.05) is 21.9 Å². The highest BCUT2D eigenvalue weighted by molar-refractivity contribution is 7.89. The molecule has 10 nitrogen and oxygen atoms in total.